The van der Waals surface area contributed by atoms with Crippen LogP contribution in [0.1, 0.15) is 12.8 Å². The SMILES string of the molecule is O=[N+]([O-])C1NCC2C=CCC1([N+](=O)[O-])C2. The van der Waals surface area contributed by atoms with E-state index in [1.165, 1.54) is 0 Å². The molecule has 3 unspecified atom stereocenters. The van der Waals surface area contributed by atoms with Gasteiger partial charge >= 0.3 is 11.7 Å². The van der Waals surface area contributed by atoms with Crippen LogP contribution in [0.2, 0.25) is 0 Å². The lowest BCUT2D eigenvalue weighted by molar-refractivity contribution is -0.663. The fourth-order valence-electron chi connectivity index (χ4n) is 2.41. The third kappa shape index (κ3) is 1.39. The Hall–Kier alpha value is -1.50. The fraction of sp³-hybridized carbons (Fsp3) is 0.750. The lowest BCUT2D eigenvalue weighted by Crippen LogP contribution is -2.65. The van der Waals surface area contributed by atoms with E-state index in [-0.39, 0.29) is 18.8 Å². The maximum Gasteiger partial charge on any atom is 0.335 e. The molecule has 1 fully saturated rings. The monoisotopic (exact) mass is 213 g/mol. The quantitative estimate of drug-likeness (QED) is 0.400. The summed E-state index contributed by atoms with van der Waals surface area (Å²) in [5.41, 5.74) is -1.46. The number of nitro groups is 2. The highest BCUT2D eigenvalue weighted by Crippen LogP contribution is 2.36. The first-order chi connectivity index (χ1) is 7.06. The summed E-state index contributed by atoms with van der Waals surface area (Å²) in [5, 5.41) is 24.5. The zero-order valence-corrected chi connectivity index (χ0v) is 7.96. The van der Waals surface area contributed by atoms with Crippen molar-refractivity contribution in [2.75, 3.05) is 6.54 Å². The van der Waals surface area contributed by atoms with Crippen LogP contribution in [-0.2, 0) is 0 Å². The Bertz CT molecular complexity index is 343. The molecular formula is C8H11N3O4. The van der Waals surface area contributed by atoms with Gasteiger partial charge in [0.2, 0.25) is 0 Å². The maximum absolute atomic E-state index is 11.0. The first kappa shape index (κ1) is 10.0. The van der Waals surface area contributed by atoms with E-state index in [1.54, 1.807) is 6.08 Å². The normalized spacial score (nSPS) is 38.7. The van der Waals surface area contributed by atoms with Crippen LogP contribution < -0.4 is 5.32 Å². The van der Waals surface area contributed by atoms with E-state index in [0.29, 0.717) is 6.54 Å². The van der Waals surface area contributed by atoms with Gasteiger partial charge in [0.25, 0.3) is 0 Å². The lowest BCUT2D eigenvalue weighted by atomic mass is 9.75. The van der Waals surface area contributed by atoms with Crippen LogP contribution in [0.5, 0.6) is 0 Å². The van der Waals surface area contributed by atoms with Crippen molar-refractivity contribution in [3.8, 4) is 0 Å². The summed E-state index contributed by atoms with van der Waals surface area (Å²) in [5.74, 6) is 0.0420. The maximum atomic E-state index is 11.0. The standard InChI is InChI=1S/C8H11N3O4/c12-10(13)7-8(11(14)15)3-1-2-6(4-8)5-9-7/h1-2,6-7,9H,3-5H2. The van der Waals surface area contributed by atoms with Gasteiger partial charge in [0, 0.05) is 29.2 Å². The van der Waals surface area contributed by atoms with Crippen LogP contribution in [0.15, 0.2) is 12.2 Å². The number of hydrogen-bond acceptors (Lipinski definition) is 5. The van der Waals surface area contributed by atoms with Crippen LogP contribution in [0, 0.1) is 26.1 Å². The summed E-state index contributed by atoms with van der Waals surface area (Å²) in [6, 6.07) is 0. The van der Waals surface area contributed by atoms with Gasteiger partial charge in [-0.1, -0.05) is 12.2 Å². The van der Waals surface area contributed by atoms with E-state index in [0.717, 1.165) is 0 Å². The third-order valence-electron chi connectivity index (χ3n) is 3.15. The van der Waals surface area contributed by atoms with E-state index >= 15 is 0 Å². The van der Waals surface area contributed by atoms with Crippen LogP contribution in [0.25, 0.3) is 0 Å². The first-order valence-corrected chi connectivity index (χ1v) is 4.74. The molecule has 1 saturated heterocycles. The van der Waals surface area contributed by atoms with Crippen molar-refractivity contribution < 1.29 is 9.85 Å². The Kier molecular flexibility index (Phi) is 2.18. The lowest BCUT2D eigenvalue weighted by Gasteiger charge is -2.36. The smallest absolute Gasteiger partial charge is 0.264 e. The van der Waals surface area contributed by atoms with Gasteiger partial charge in [-0.05, 0) is 5.92 Å². The Balaban J connectivity index is 2.38. The van der Waals surface area contributed by atoms with Gasteiger partial charge in [-0.3, -0.25) is 20.2 Å². The molecule has 0 spiro atoms. The molecule has 0 radical (unpaired) electrons. The highest BCUT2D eigenvalue weighted by atomic mass is 16.6. The minimum atomic E-state index is -1.46. The van der Waals surface area contributed by atoms with Gasteiger partial charge in [-0.15, -0.1) is 0 Å². The first-order valence-electron chi connectivity index (χ1n) is 4.74. The average Bonchev–Trinajstić information content (AvgIpc) is 2.17. The predicted octanol–water partition coefficient (Wildman–Crippen LogP) is 0.174. The molecule has 1 N–H and O–H groups in total. The van der Waals surface area contributed by atoms with Gasteiger partial charge in [-0.2, -0.15) is 0 Å². The average molecular weight is 213 g/mol. The molecule has 3 atom stereocenters. The molecule has 1 aliphatic heterocycles. The molecule has 0 aromatic heterocycles. The predicted molar refractivity (Wildman–Crippen MR) is 50.4 cm³/mol. The summed E-state index contributed by atoms with van der Waals surface area (Å²) in [6.07, 6.45) is 2.71. The number of hydrogen-bond donors (Lipinski definition) is 1. The largest absolute Gasteiger partial charge is 0.335 e. The molecule has 2 rings (SSSR count). The number of piperidine rings is 1. The molecule has 0 amide bonds. The molecule has 15 heavy (non-hydrogen) atoms. The van der Waals surface area contributed by atoms with Gasteiger partial charge in [0.1, 0.15) is 0 Å². The minimum Gasteiger partial charge on any atom is -0.264 e. The van der Waals surface area contributed by atoms with Gasteiger partial charge in [0.15, 0.2) is 0 Å². The van der Waals surface area contributed by atoms with E-state index in [2.05, 4.69) is 5.32 Å². The topological polar surface area (TPSA) is 98.3 Å². The second-order valence-electron chi connectivity index (χ2n) is 4.05. The Morgan fingerprint density at radius 3 is 2.73 bits per heavy atom. The Labute approximate surface area is 85.4 Å². The van der Waals surface area contributed by atoms with Crippen molar-refractivity contribution in [3.05, 3.63) is 32.4 Å². The van der Waals surface area contributed by atoms with Crippen molar-refractivity contribution in [2.24, 2.45) is 5.92 Å². The summed E-state index contributed by atoms with van der Waals surface area (Å²) < 4.78 is 0. The molecule has 0 saturated carbocycles. The van der Waals surface area contributed by atoms with E-state index in [9.17, 15) is 20.2 Å². The molecule has 0 aromatic rings. The fourth-order valence-corrected chi connectivity index (χ4v) is 2.41. The second kappa shape index (κ2) is 3.27. The molecule has 1 heterocycles. The van der Waals surface area contributed by atoms with Crippen molar-refractivity contribution in [1.82, 2.24) is 5.32 Å². The highest BCUT2D eigenvalue weighted by molar-refractivity contribution is 5.09. The van der Waals surface area contributed by atoms with Gasteiger partial charge in [-0.25, -0.2) is 5.32 Å². The Morgan fingerprint density at radius 2 is 2.13 bits per heavy atom. The van der Waals surface area contributed by atoms with Crippen molar-refractivity contribution in [3.63, 3.8) is 0 Å². The molecule has 7 nitrogen and oxygen atoms in total. The molecule has 82 valence electrons. The number of rotatable bonds is 2. The minimum absolute atomic E-state index is 0.0420. The number of nitrogens with one attached hydrogen (secondary N) is 1. The molecular weight excluding hydrogens is 202 g/mol. The molecule has 1 aliphatic carbocycles. The van der Waals surface area contributed by atoms with Gasteiger partial charge < -0.3 is 0 Å². The summed E-state index contributed by atoms with van der Waals surface area (Å²) in [4.78, 5) is 20.7. The summed E-state index contributed by atoms with van der Waals surface area (Å²) in [7, 11) is 0. The highest BCUT2D eigenvalue weighted by Gasteiger charge is 2.61. The third-order valence-corrected chi connectivity index (χ3v) is 3.15. The molecule has 0 aromatic carbocycles. The van der Waals surface area contributed by atoms with Crippen molar-refractivity contribution in [1.29, 1.82) is 0 Å². The second-order valence-corrected chi connectivity index (χ2v) is 4.05. The molecule has 7 heteroatoms. The number of fused-ring (bicyclic) bond motifs is 2. The zero-order chi connectivity index (χ0) is 11.1. The summed E-state index contributed by atoms with van der Waals surface area (Å²) in [6.45, 7) is 0.442. The van der Waals surface area contributed by atoms with Crippen molar-refractivity contribution >= 4 is 0 Å². The molecule has 2 bridgehead atoms. The van der Waals surface area contributed by atoms with Gasteiger partial charge in [0.05, 0.1) is 0 Å². The van der Waals surface area contributed by atoms with Crippen LogP contribution in [0.3, 0.4) is 0 Å². The number of nitrogens with zero attached hydrogens (tertiary/aromatic N) is 2. The summed E-state index contributed by atoms with van der Waals surface area (Å²) >= 11 is 0. The van der Waals surface area contributed by atoms with Crippen molar-refractivity contribution in [2.45, 2.75) is 24.5 Å². The van der Waals surface area contributed by atoms with E-state index < -0.39 is 21.6 Å². The van der Waals surface area contributed by atoms with Crippen LogP contribution in [-0.4, -0.2) is 28.1 Å². The van der Waals surface area contributed by atoms with Crippen LogP contribution in [0.4, 0.5) is 0 Å². The Morgan fingerprint density at radius 1 is 1.40 bits per heavy atom. The van der Waals surface area contributed by atoms with E-state index in [1.807, 2.05) is 6.08 Å². The molecule has 2 aliphatic rings. The van der Waals surface area contributed by atoms with Crippen LogP contribution >= 0.6 is 0 Å². The van der Waals surface area contributed by atoms with E-state index in [4.69, 9.17) is 0 Å². The zero-order valence-electron chi connectivity index (χ0n) is 7.96.